The van der Waals surface area contributed by atoms with Crippen LogP contribution >= 0.6 is 0 Å². The van der Waals surface area contributed by atoms with Gasteiger partial charge in [0.15, 0.2) is 0 Å². The predicted molar refractivity (Wildman–Crippen MR) is 49.7 cm³/mol. The first-order valence-electron chi connectivity index (χ1n) is 4.65. The summed E-state index contributed by atoms with van der Waals surface area (Å²) in [6.45, 7) is 6.31. The van der Waals surface area contributed by atoms with Crippen LogP contribution in [0.4, 0.5) is 0 Å². The highest BCUT2D eigenvalue weighted by atomic mass is 16.2. The van der Waals surface area contributed by atoms with Gasteiger partial charge in [-0.3, -0.25) is 4.79 Å². The SMILES string of the molecule is CC(C)(C)C1CCC(C#N)C(=O)N1. The second-order valence-corrected chi connectivity index (χ2v) is 4.69. The minimum Gasteiger partial charge on any atom is -0.352 e. The Balaban J connectivity index is 2.62. The average Bonchev–Trinajstić information content (AvgIpc) is 2.02. The summed E-state index contributed by atoms with van der Waals surface area (Å²) in [6.07, 6.45) is 1.61. The monoisotopic (exact) mass is 180 g/mol. The van der Waals surface area contributed by atoms with Crippen LogP contribution in [-0.2, 0) is 4.79 Å². The van der Waals surface area contributed by atoms with Crippen LogP contribution < -0.4 is 5.32 Å². The Bertz CT molecular complexity index is 247. The summed E-state index contributed by atoms with van der Waals surface area (Å²) < 4.78 is 0. The number of carbonyl (C=O) groups excluding carboxylic acids is 1. The zero-order valence-electron chi connectivity index (χ0n) is 8.42. The van der Waals surface area contributed by atoms with Crippen molar-refractivity contribution in [2.45, 2.75) is 39.7 Å². The van der Waals surface area contributed by atoms with Crippen molar-refractivity contribution in [3.8, 4) is 6.07 Å². The first-order valence-corrected chi connectivity index (χ1v) is 4.65. The molecule has 0 aromatic rings. The van der Waals surface area contributed by atoms with E-state index in [1.165, 1.54) is 0 Å². The average molecular weight is 180 g/mol. The quantitative estimate of drug-likeness (QED) is 0.613. The standard InChI is InChI=1S/C10H16N2O/c1-10(2,3)8-5-4-7(6-11)9(13)12-8/h7-8H,4-5H2,1-3H3,(H,12,13). The Hall–Kier alpha value is -1.04. The molecule has 1 fully saturated rings. The number of nitrogens with zero attached hydrogens (tertiary/aromatic N) is 1. The Labute approximate surface area is 79.1 Å². The molecule has 1 N–H and O–H groups in total. The van der Waals surface area contributed by atoms with Crippen molar-refractivity contribution < 1.29 is 4.79 Å². The number of hydrogen-bond donors (Lipinski definition) is 1. The van der Waals surface area contributed by atoms with Crippen molar-refractivity contribution in [2.24, 2.45) is 11.3 Å². The Morgan fingerprint density at radius 3 is 2.46 bits per heavy atom. The zero-order chi connectivity index (χ0) is 10.1. The summed E-state index contributed by atoms with van der Waals surface area (Å²) in [5.41, 5.74) is 0.0933. The van der Waals surface area contributed by atoms with E-state index in [2.05, 4.69) is 26.1 Å². The van der Waals surface area contributed by atoms with Gasteiger partial charge in [-0.1, -0.05) is 20.8 Å². The van der Waals surface area contributed by atoms with Gasteiger partial charge in [-0.15, -0.1) is 0 Å². The molecule has 0 aromatic heterocycles. The first kappa shape index (κ1) is 10.0. The van der Waals surface area contributed by atoms with E-state index in [0.717, 1.165) is 6.42 Å². The lowest BCUT2D eigenvalue weighted by Gasteiger charge is -2.35. The fourth-order valence-corrected chi connectivity index (χ4v) is 1.58. The van der Waals surface area contributed by atoms with Gasteiger partial charge in [0.25, 0.3) is 0 Å². The zero-order valence-corrected chi connectivity index (χ0v) is 8.42. The number of hydrogen-bond acceptors (Lipinski definition) is 2. The van der Waals surface area contributed by atoms with Crippen molar-refractivity contribution in [3.63, 3.8) is 0 Å². The number of carbonyl (C=O) groups is 1. The van der Waals surface area contributed by atoms with Gasteiger partial charge in [0.1, 0.15) is 5.92 Å². The summed E-state index contributed by atoms with van der Waals surface area (Å²) in [6, 6.07) is 2.23. The fraction of sp³-hybridized carbons (Fsp3) is 0.800. The van der Waals surface area contributed by atoms with E-state index >= 15 is 0 Å². The van der Waals surface area contributed by atoms with Gasteiger partial charge < -0.3 is 5.32 Å². The molecule has 13 heavy (non-hydrogen) atoms. The van der Waals surface area contributed by atoms with Crippen LogP contribution in [-0.4, -0.2) is 11.9 Å². The molecule has 2 unspecified atom stereocenters. The van der Waals surface area contributed by atoms with Crippen molar-refractivity contribution >= 4 is 5.91 Å². The summed E-state index contributed by atoms with van der Waals surface area (Å²) in [5, 5.41) is 11.5. The molecule has 0 saturated carbocycles. The molecule has 1 heterocycles. The van der Waals surface area contributed by atoms with Gasteiger partial charge in [-0.05, 0) is 18.3 Å². The summed E-state index contributed by atoms with van der Waals surface area (Å²) in [7, 11) is 0. The maximum absolute atomic E-state index is 11.3. The smallest absolute Gasteiger partial charge is 0.237 e. The highest BCUT2D eigenvalue weighted by Gasteiger charge is 2.33. The Morgan fingerprint density at radius 1 is 1.46 bits per heavy atom. The van der Waals surface area contributed by atoms with Crippen LogP contribution in [0.25, 0.3) is 0 Å². The molecule has 1 rings (SSSR count). The molecule has 3 heteroatoms. The van der Waals surface area contributed by atoms with Crippen molar-refractivity contribution in [1.29, 1.82) is 5.26 Å². The number of nitriles is 1. The molecule has 1 saturated heterocycles. The molecule has 0 spiro atoms. The summed E-state index contributed by atoms with van der Waals surface area (Å²) in [4.78, 5) is 11.3. The number of nitrogens with one attached hydrogen (secondary N) is 1. The van der Waals surface area contributed by atoms with E-state index in [-0.39, 0.29) is 17.4 Å². The lowest BCUT2D eigenvalue weighted by atomic mass is 9.80. The highest BCUT2D eigenvalue weighted by molar-refractivity contribution is 5.82. The lowest BCUT2D eigenvalue weighted by Crippen LogP contribution is -2.49. The van der Waals surface area contributed by atoms with Gasteiger partial charge in [-0.2, -0.15) is 5.26 Å². The van der Waals surface area contributed by atoms with E-state index in [1.54, 1.807) is 0 Å². The van der Waals surface area contributed by atoms with Crippen LogP contribution in [0.15, 0.2) is 0 Å². The van der Waals surface area contributed by atoms with E-state index in [4.69, 9.17) is 5.26 Å². The highest BCUT2D eigenvalue weighted by Crippen LogP contribution is 2.27. The number of rotatable bonds is 0. The molecule has 72 valence electrons. The first-order chi connectivity index (χ1) is 5.95. The predicted octanol–water partition coefficient (Wildman–Crippen LogP) is 1.45. The van der Waals surface area contributed by atoms with Crippen LogP contribution in [0.5, 0.6) is 0 Å². The van der Waals surface area contributed by atoms with Gasteiger partial charge in [0.05, 0.1) is 6.07 Å². The maximum atomic E-state index is 11.3. The van der Waals surface area contributed by atoms with Gasteiger partial charge >= 0.3 is 0 Å². The minimum absolute atomic E-state index is 0.0933. The van der Waals surface area contributed by atoms with Gasteiger partial charge in [-0.25, -0.2) is 0 Å². The van der Waals surface area contributed by atoms with Crippen LogP contribution in [0.1, 0.15) is 33.6 Å². The maximum Gasteiger partial charge on any atom is 0.237 e. The third-order valence-electron chi connectivity index (χ3n) is 2.58. The van der Waals surface area contributed by atoms with Gasteiger partial charge in [0, 0.05) is 6.04 Å². The van der Waals surface area contributed by atoms with E-state index in [9.17, 15) is 4.79 Å². The third-order valence-corrected chi connectivity index (χ3v) is 2.58. The van der Waals surface area contributed by atoms with Crippen molar-refractivity contribution in [3.05, 3.63) is 0 Å². The third kappa shape index (κ3) is 2.21. The van der Waals surface area contributed by atoms with E-state index < -0.39 is 5.92 Å². The fourth-order valence-electron chi connectivity index (χ4n) is 1.58. The number of amides is 1. The lowest BCUT2D eigenvalue weighted by molar-refractivity contribution is -0.127. The molecular formula is C10H16N2O. The molecule has 2 atom stereocenters. The Morgan fingerprint density at radius 2 is 2.08 bits per heavy atom. The van der Waals surface area contributed by atoms with Crippen LogP contribution in [0, 0.1) is 22.7 Å². The summed E-state index contributed by atoms with van der Waals surface area (Å²) >= 11 is 0. The van der Waals surface area contributed by atoms with Crippen LogP contribution in [0.2, 0.25) is 0 Å². The largest absolute Gasteiger partial charge is 0.352 e. The van der Waals surface area contributed by atoms with Crippen molar-refractivity contribution in [2.75, 3.05) is 0 Å². The van der Waals surface area contributed by atoms with E-state index in [0.29, 0.717) is 6.42 Å². The molecule has 0 aliphatic carbocycles. The molecule has 0 bridgehead atoms. The molecule has 1 amide bonds. The Kier molecular flexibility index (Phi) is 2.60. The molecular weight excluding hydrogens is 164 g/mol. The second-order valence-electron chi connectivity index (χ2n) is 4.69. The second kappa shape index (κ2) is 3.37. The summed E-state index contributed by atoms with van der Waals surface area (Å²) in [5.74, 6) is -0.535. The van der Waals surface area contributed by atoms with E-state index in [1.807, 2.05) is 6.07 Å². The number of piperidine rings is 1. The normalized spacial score (nSPS) is 29.2. The molecule has 0 radical (unpaired) electrons. The van der Waals surface area contributed by atoms with Gasteiger partial charge in [0.2, 0.25) is 5.91 Å². The van der Waals surface area contributed by atoms with Crippen LogP contribution in [0.3, 0.4) is 0 Å². The minimum atomic E-state index is -0.432. The topological polar surface area (TPSA) is 52.9 Å². The van der Waals surface area contributed by atoms with Crippen molar-refractivity contribution in [1.82, 2.24) is 5.32 Å². The molecule has 0 aromatic carbocycles. The molecule has 1 aliphatic heterocycles. The molecule has 1 aliphatic rings. The molecule has 3 nitrogen and oxygen atoms in total.